The van der Waals surface area contributed by atoms with Gasteiger partial charge in [-0.25, -0.2) is 8.78 Å². The van der Waals surface area contributed by atoms with Crippen LogP contribution < -0.4 is 5.32 Å². The standard InChI is InChI=1S/C20H16F2N4O2/c1-2-19-24-25-20(28-19)17-9-12-5-3-4-6-16(12)26(17)11-18(27)23-15-8-7-13(21)10-14(15)22/h3-10H,2,11H2,1H3,(H,23,27). The molecule has 8 heteroatoms. The van der Waals surface area contributed by atoms with E-state index in [1.807, 2.05) is 37.3 Å². The third-order valence-electron chi connectivity index (χ3n) is 4.31. The molecule has 142 valence electrons. The maximum atomic E-state index is 13.8. The molecule has 0 aliphatic rings. The van der Waals surface area contributed by atoms with E-state index in [2.05, 4.69) is 15.5 Å². The highest BCUT2D eigenvalue weighted by Gasteiger charge is 2.18. The van der Waals surface area contributed by atoms with E-state index in [1.54, 1.807) is 4.57 Å². The molecule has 0 bridgehead atoms. The first-order valence-electron chi connectivity index (χ1n) is 8.71. The molecule has 6 nitrogen and oxygen atoms in total. The predicted octanol–water partition coefficient (Wildman–Crippen LogP) is 4.17. The van der Waals surface area contributed by atoms with Crippen molar-refractivity contribution in [2.24, 2.45) is 0 Å². The van der Waals surface area contributed by atoms with Crippen molar-refractivity contribution in [3.63, 3.8) is 0 Å². The van der Waals surface area contributed by atoms with Gasteiger partial charge in [-0.15, -0.1) is 10.2 Å². The first kappa shape index (κ1) is 17.8. The molecule has 2 aromatic carbocycles. The fourth-order valence-corrected chi connectivity index (χ4v) is 2.98. The van der Waals surface area contributed by atoms with Crippen LogP contribution in [0.1, 0.15) is 12.8 Å². The molecule has 1 N–H and O–H groups in total. The van der Waals surface area contributed by atoms with E-state index >= 15 is 0 Å². The smallest absolute Gasteiger partial charge is 0.264 e. The van der Waals surface area contributed by atoms with Crippen LogP contribution in [-0.4, -0.2) is 20.7 Å². The van der Waals surface area contributed by atoms with Crippen LogP contribution in [0, 0.1) is 11.6 Å². The molecule has 2 aromatic heterocycles. The second kappa shape index (κ2) is 7.22. The number of fused-ring (bicyclic) bond motifs is 1. The van der Waals surface area contributed by atoms with Crippen molar-refractivity contribution in [2.45, 2.75) is 19.9 Å². The fraction of sp³-hybridized carbons (Fsp3) is 0.150. The number of para-hydroxylation sites is 1. The number of carbonyl (C=O) groups is 1. The second-order valence-electron chi connectivity index (χ2n) is 6.20. The van der Waals surface area contributed by atoms with Gasteiger partial charge in [0.15, 0.2) is 0 Å². The minimum absolute atomic E-state index is 0.0875. The number of carbonyl (C=O) groups excluding carboxylic acids is 1. The van der Waals surface area contributed by atoms with E-state index < -0.39 is 17.5 Å². The SMILES string of the molecule is CCc1nnc(-c2cc3ccccc3n2CC(=O)Nc2ccc(F)cc2F)o1. The average molecular weight is 382 g/mol. The third kappa shape index (κ3) is 3.36. The molecular formula is C20H16F2N4O2. The number of anilines is 1. The third-order valence-corrected chi connectivity index (χ3v) is 4.31. The van der Waals surface area contributed by atoms with E-state index in [9.17, 15) is 13.6 Å². The molecule has 4 aromatic rings. The zero-order valence-electron chi connectivity index (χ0n) is 14.9. The normalized spacial score (nSPS) is 11.1. The molecular weight excluding hydrogens is 366 g/mol. The van der Waals surface area contributed by atoms with Crippen molar-refractivity contribution < 1.29 is 18.0 Å². The number of amides is 1. The topological polar surface area (TPSA) is 73.0 Å². The zero-order chi connectivity index (χ0) is 19.7. The van der Waals surface area contributed by atoms with Crippen LogP contribution in [-0.2, 0) is 17.8 Å². The minimum atomic E-state index is -0.838. The van der Waals surface area contributed by atoms with Crippen LogP contribution in [0.15, 0.2) is 52.9 Å². The van der Waals surface area contributed by atoms with Crippen LogP contribution in [0.4, 0.5) is 14.5 Å². The minimum Gasteiger partial charge on any atom is -0.419 e. The Balaban J connectivity index is 1.68. The second-order valence-corrected chi connectivity index (χ2v) is 6.20. The number of aromatic nitrogens is 3. The number of aryl methyl sites for hydroxylation is 1. The molecule has 0 saturated carbocycles. The Morgan fingerprint density at radius 2 is 1.96 bits per heavy atom. The predicted molar refractivity (Wildman–Crippen MR) is 99.6 cm³/mol. The van der Waals surface area contributed by atoms with Gasteiger partial charge in [0, 0.05) is 23.4 Å². The number of hydrogen-bond acceptors (Lipinski definition) is 4. The van der Waals surface area contributed by atoms with Gasteiger partial charge >= 0.3 is 0 Å². The lowest BCUT2D eigenvalue weighted by molar-refractivity contribution is -0.116. The van der Waals surface area contributed by atoms with Crippen LogP contribution >= 0.6 is 0 Å². The van der Waals surface area contributed by atoms with E-state index in [1.165, 1.54) is 6.07 Å². The number of halogens is 2. The van der Waals surface area contributed by atoms with E-state index in [0.717, 1.165) is 23.0 Å². The summed E-state index contributed by atoms with van der Waals surface area (Å²) in [5.41, 5.74) is 1.29. The van der Waals surface area contributed by atoms with E-state index in [4.69, 9.17) is 4.42 Å². The molecule has 4 rings (SSSR count). The molecule has 0 radical (unpaired) electrons. The summed E-state index contributed by atoms with van der Waals surface area (Å²) in [5, 5.41) is 11.4. The van der Waals surface area contributed by atoms with Gasteiger partial charge in [-0.05, 0) is 24.3 Å². The maximum absolute atomic E-state index is 13.8. The largest absolute Gasteiger partial charge is 0.419 e. The monoisotopic (exact) mass is 382 g/mol. The van der Waals surface area contributed by atoms with Gasteiger partial charge in [-0.1, -0.05) is 25.1 Å². The van der Waals surface area contributed by atoms with Crippen molar-refractivity contribution in [1.82, 2.24) is 14.8 Å². The summed E-state index contributed by atoms with van der Waals surface area (Å²) in [5.74, 6) is -1.23. The molecule has 0 aliphatic heterocycles. The molecule has 0 fully saturated rings. The van der Waals surface area contributed by atoms with Crippen molar-refractivity contribution in [3.05, 3.63) is 66.1 Å². The Kier molecular flexibility index (Phi) is 4.60. The molecule has 0 atom stereocenters. The molecule has 1 amide bonds. The highest BCUT2D eigenvalue weighted by atomic mass is 19.1. The van der Waals surface area contributed by atoms with Gasteiger partial charge < -0.3 is 14.3 Å². The summed E-state index contributed by atoms with van der Waals surface area (Å²) >= 11 is 0. The van der Waals surface area contributed by atoms with Crippen molar-refractivity contribution in [2.75, 3.05) is 5.32 Å². The lowest BCUT2D eigenvalue weighted by Gasteiger charge is -2.10. The van der Waals surface area contributed by atoms with Crippen LogP contribution in [0.3, 0.4) is 0 Å². The van der Waals surface area contributed by atoms with Crippen molar-refractivity contribution >= 4 is 22.5 Å². The number of nitrogens with zero attached hydrogens (tertiary/aromatic N) is 3. The van der Waals surface area contributed by atoms with E-state index in [-0.39, 0.29) is 12.2 Å². The van der Waals surface area contributed by atoms with Gasteiger partial charge in [0.2, 0.25) is 11.8 Å². The average Bonchev–Trinajstić information content (AvgIpc) is 3.29. The Morgan fingerprint density at radius 3 is 2.71 bits per heavy atom. The first-order valence-corrected chi connectivity index (χ1v) is 8.71. The highest BCUT2D eigenvalue weighted by Crippen LogP contribution is 2.28. The lowest BCUT2D eigenvalue weighted by atomic mass is 10.2. The summed E-state index contributed by atoms with van der Waals surface area (Å²) in [7, 11) is 0. The Bertz CT molecular complexity index is 1170. The Hall–Kier alpha value is -3.55. The molecule has 28 heavy (non-hydrogen) atoms. The van der Waals surface area contributed by atoms with Gasteiger partial charge in [0.1, 0.15) is 23.9 Å². The Labute approximate surface area is 158 Å². The van der Waals surface area contributed by atoms with Crippen molar-refractivity contribution in [3.8, 4) is 11.6 Å². The van der Waals surface area contributed by atoms with E-state index in [0.29, 0.717) is 23.9 Å². The van der Waals surface area contributed by atoms with Gasteiger partial charge in [0.05, 0.1) is 5.69 Å². The number of hydrogen-bond donors (Lipinski definition) is 1. The lowest BCUT2D eigenvalue weighted by Crippen LogP contribution is -2.20. The summed E-state index contributed by atoms with van der Waals surface area (Å²) in [4.78, 5) is 12.5. The van der Waals surface area contributed by atoms with Crippen LogP contribution in [0.2, 0.25) is 0 Å². The van der Waals surface area contributed by atoms with Crippen LogP contribution in [0.25, 0.3) is 22.5 Å². The maximum Gasteiger partial charge on any atom is 0.264 e. The summed E-state index contributed by atoms with van der Waals surface area (Å²) in [6.45, 7) is 1.79. The number of benzene rings is 2. The fourth-order valence-electron chi connectivity index (χ4n) is 2.98. The number of rotatable bonds is 5. The summed E-state index contributed by atoms with van der Waals surface area (Å²) in [6.07, 6.45) is 0.595. The molecule has 2 heterocycles. The summed E-state index contributed by atoms with van der Waals surface area (Å²) < 4.78 is 34.3. The zero-order valence-corrected chi connectivity index (χ0v) is 14.9. The van der Waals surface area contributed by atoms with Gasteiger partial charge in [-0.2, -0.15) is 0 Å². The van der Waals surface area contributed by atoms with Gasteiger partial charge in [-0.3, -0.25) is 4.79 Å². The van der Waals surface area contributed by atoms with Crippen molar-refractivity contribution in [1.29, 1.82) is 0 Å². The number of nitrogens with one attached hydrogen (secondary N) is 1. The molecule has 0 aliphatic carbocycles. The highest BCUT2D eigenvalue weighted by molar-refractivity contribution is 5.93. The quantitative estimate of drug-likeness (QED) is 0.562. The molecule has 0 unspecified atom stereocenters. The molecule has 0 saturated heterocycles. The Morgan fingerprint density at radius 1 is 1.14 bits per heavy atom. The molecule has 0 spiro atoms. The van der Waals surface area contributed by atoms with Gasteiger partial charge in [0.25, 0.3) is 5.89 Å². The van der Waals surface area contributed by atoms with Crippen LogP contribution in [0.5, 0.6) is 0 Å². The first-order chi connectivity index (χ1) is 13.5. The summed E-state index contributed by atoms with van der Waals surface area (Å²) in [6, 6.07) is 12.3.